The van der Waals surface area contributed by atoms with Crippen LogP contribution in [-0.4, -0.2) is 24.5 Å². The average molecular weight is 302 g/mol. The van der Waals surface area contributed by atoms with Crippen LogP contribution in [0.3, 0.4) is 0 Å². The van der Waals surface area contributed by atoms with E-state index in [1.807, 2.05) is 0 Å². The van der Waals surface area contributed by atoms with Gasteiger partial charge < -0.3 is 4.90 Å². The van der Waals surface area contributed by atoms with E-state index in [2.05, 4.69) is 25.7 Å². The van der Waals surface area contributed by atoms with Gasteiger partial charge in [0.05, 0.1) is 0 Å². The minimum absolute atomic E-state index is 0.574. The van der Waals surface area contributed by atoms with Crippen molar-refractivity contribution in [2.45, 2.75) is 72.1 Å². The van der Waals surface area contributed by atoms with E-state index >= 15 is 0 Å². The molecule has 1 nitrogen and oxygen atoms in total. The topological polar surface area (TPSA) is 3.24 Å². The van der Waals surface area contributed by atoms with E-state index in [1.165, 1.54) is 32.5 Å². The van der Waals surface area contributed by atoms with Crippen molar-refractivity contribution < 1.29 is 0 Å². The summed E-state index contributed by atoms with van der Waals surface area (Å²) in [4.78, 5) is 2.94. The molecule has 6 fully saturated rings. The molecule has 1 heterocycles. The van der Waals surface area contributed by atoms with Crippen LogP contribution in [0.2, 0.25) is 0 Å². The van der Waals surface area contributed by atoms with Crippen molar-refractivity contribution in [2.75, 3.05) is 19.6 Å². The number of hydrogen-bond acceptors (Lipinski definition) is 1. The Hall–Kier alpha value is -0.0400. The number of fused-ring (bicyclic) bond motifs is 2. The first-order chi connectivity index (χ1) is 10.4. The molecule has 0 aromatic carbocycles. The normalized spacial score (nSPS) is 55.8. The van der Waals surface area contributed by atoms with E-state index < -0.39 is 0 Å². The van der Waals surface area contributed by atoms with Gasteiger partial charge >= 0.3 is 0 Å². The fourth-order valence-corrected chi connectivity index (χ4v) is 8.22. The number of rotatable bonds is 2. The van der Waals surface area contributed by atoms with Gasteiger partial charge in [-0.05, 0) is 91.3 Å². The third-order valence-electron chi connectivity index (χ3n) is 9.40. The molecule has 1 saturated heterocycles. The molecule has 22 heavy (non-hydrogen) atoms. The largest absolute Gasteiger partial charge is 0.302 e. The lowest BCUT2D eigenvalue weighted by Crippen LogP contribution is -2.57. The molecule has 6 rings (SSSR count). The molecule has 0 amide bonds. The van der Waals surface area contributed by atoms with Crippen molar-refractivity contribution in [3.63, 3.8) is 0 Å². The van der Waals surface area contributed by atoms with Gasteiger partial charge in [-0.25, -0.2) is 0 Å². The second-order valence-electron chi connectivity index (χ2n) is 11.1. The van der Waals surface area contributed by atoms with Crippen molar-refractivity contribution in [3.05, 3.63) is 0 Å². The summed E-state index contributed by atoms with van der Waals surface area (Å²) in [5.41, 5.74) is 1.90. The highest BCUT2D eigenvalue weighted by Gasteiger charge is 2.57. The maximum atomic E-state index is 2.94. The van der Waals surface area contributed by atoms with Gasteiger partial charge in [-0.1, -0.05) is 20.8 Å². The number of likely N-dealkylation sites (tertiary alicyclic amines) is 1. The zero-order valence-electron chi connectivity index (χ0n) is 15.0. The molecule has 0 N–H and O–H groups in total. The van der Waals surface area contributed by atoms with Crippen LogP contribution < -0.4 is 0 Å². The Kier molecular flexibility index (Phi) is 2.81. The Bertz CT molecular complexity index is 443. The van der Waals surface area contributed by atoms with E-state index in [4.69, 9.17) is 0 Å². The van der Waals surface area contributed by atoms with Gasteiger partial charge in [-0.15, -0.1) is 0 Å². The summed E-state index contributed by atoms with van der Waals surface area (Å²) in [6, 6.07) is 0. The van der Waals surface area contributed by atoms with Crippen molar-refractivity contribution in [2.24, 2.45) is 39.9 Å². The molecule has 1 unspecified atom stereocenters. The standard InChI is InChI=1S/C21H35N/c1-19(2)18-4-5-20(19,3)13-22(12-18)14-21-9-15-6-16(10-21)8-17(7-15)11-21/h15-18H,4-14H2,1-3H3/t15?,16?,17?,18?,20-,21?/m1/s1. The molecular weight excluding hydrogens is 266 g/mol. The molecule has 1 heteroatoms. The second-order valence-corrected chi connectivity index (χ2v) is 11.1. The lowest BCUT2D eigenvalue weighted by atomic mass is 9.49. The van der Waals surface area contributed by atoms with Crippen LogP contribution in [0.15, 0.2) is 0 Å². The Morgan fingerprint density at radius 3 is 2.05 bits per heavy atom. The van der Waals surface area contributed by atoms with Gasteiger partial charge in [0.1, 0.15) is 0 Å². The Balaban J connectivity index is 1.35. The van der Waals surface area contributed by atoms with E-state index in [-0.39, 0.29) is 0 Å². The minimum atomic E-state index is 0.574. The zero-order valence-corrected chi connectivity index (χ0v) is 15.0. The number of nitrogens with zero attached hydrogens (tertiary/aromatic N) is 1. The van der Waals surface area contributed by atoms with Gasteiger partial charge in [0.2, 0.25) is 0 Å². The van der Waals surface area contributed by atoms with E-state index in [9.17, 15) is 0 Å². The minimum Gasteiger partial charge on any atom is -0.302 e. The molecule has 2 atom stereocenters. The van der Waals surface area contributed by atoms with Crippen molar-refractivity contribution >= 4 is 0 Å². The molecule has 1 aliphatic heterocycles. The van der Waals surface area contributed by atoms with Gasteiger partial charge in [0.15, 0.2) is 0 Å². The second kappa shape index (κ2) is 4.32. The van der Waals surface area contributed by atoms with Crippen LogP contribution in [0, 0.1) is 39.9 Å². The molecule has 0 spiro atoms. The summed E-state index contributed by atoms with van der Waals surface area (Å²) < 4.78 is 0. The average Bonchev–Trinajstić information content (AvgIpc) is 2.55. The Morgan fingerprint density at radius 2 is 1.50 bits per heavy atom. The quantitative estimate of drug-likeness (QED) is 0.696. The van der Waals surface area contributed by atoms with Gasteiger partial charge in [-0.3, -0.25) is 0 Å². The predicted molar refractivity (Wildman–Crippen MR) is 91.7 cm³/mol. The molecule has 124 valence electrons. The lowest BCUT2D eigenvalue weighted by Gasteiger charge is -2.59. The van der Waals surface area contributed by atoms with Crippen LogP contribution in [0.1, 0.15) is 72.1 Å². The summed E-state index contributed by atoms with van der Waals surface area (Å²) in [6.45, 7) is 12.0. The predicted octanol–water partition coefficient (Wildman–Crippen LogP) is 4.96. The maximum absolute atomic E-state index is 2.94. The zero-order chi connectivity index (χ0) is 15.2. The highest BCUT2D eigenvalue weighted by Crippen LogP contribution is 2.62. The summed E-state index contributed by atoms with van der Waals surface area (Å²) in [5, 5.41) is 0. The summed E-state index contributed by atoms with van der Waals surface area (Å²) in [6.07, 6.45) is 12.5. The summed E-state index contributed by atoms with van der Waals surface area (Å²) in [5.74, 6) is 4.29. The molecule has 6 aliphatic rings. The van der Waals surface area contributed by atoms with Crippen LogP contribution in [-0.2, 0) is 0 Å². The SMILES string of the molecule is CC1(C)C2CC[C@]1(C)CN(CC13CC4CC(CC(C4)C1)C3)C2. The van der Waals surface area contributed by atoms with Crippen molar-refractivity contribution in [1.82, 2.24) is 4.90 Å². The smallest absolute Gasteiger partial charge is 0.00409 e. The maximum Gasteiger partial charge on any atom is 0.00409 e. The fraction of sp³-hybridized carbons (Fsp3) is 1.00. The van der Waals surface area contributed by atoms with Crippen molar-refractivity contribution in [3.8, 4) is 0 Å². The third-order valence-corrected chi connectivity index (χ3v) is 9.40. The molecule has 0 aromatic heterocycles. The molecule has 5 aliphatic carbocycles. The first kappa shape index (κ1) is 14.3. The highest BCUT2D eigenvalue weighted by molar-refractivity contribution is 5.08. The molecule has 5 saturated carbocycles. The molecular formula is C21H35N. The van der Waals surface area contributed by atoms with E-state index in [0.29, 0.717) is 10.8 Å². The van der Waals surface area contributed by atoms with E-state index in [0.717, 1.165) is 29.1 Å². The fourth-order valence-electron chi connectivity index (χ4n) is 8.22. The summed E-state index contributed by atoms with van der Waals surface area (Å²) in [7, 11) is 0. The van der Waals surface area contributed by atoms with Crippen LogP contribution in [0.5, 0.6) is 0 Å². The number of hydrogen-bond donors (Lipinski definition) is 0. The van der Waals surface area contributed by atoms with E-state index in [1.54, 1.807) is 38.5 Å². The Morgan fingerprint density at radius 1 is 0.909 bits per heavy atom. The highest BCUT2D eigenvalue weighted by atomic mass is 15.2. The van der Waals surface area contributed by atoms with Crippen molar-refractivity contribution in [1.29, 1.82) is 0 Å². The number of piperidine rings is 1. The summed E-state index contributed by atoms with van der Waals surface area (Å²) >= 11 is 0. The lowest BCUT2D eigenvalue weighted by molar-refractivity contribution is -0.0940. The third kappa shape index (κ3) is 1.87. The van der Waals surface area contributed by atoms with Crippen LogP contribution in [0.25, 0.3) is 0 Å². The molecule has 6 bridgehead atoms. The van der Waals surface area contributed by atoms with Gasteiger partial charge in [0.25, 0.3) is 0 Å². The monoisotopic (exact) mass is 301 g/mol. The van der Waals surface area contributed by atoms with Gasteiger partial charge in [-0.2, -0.15) is 0 Å². The van der Waals surface area contributed by atoms with Crippen LogP contribution >= 0.6 is 0 Å². The first-order valence-corrected chi connectivity index (χ1v) is 10.1. The first-order valence-electron chi connectivity index (χ1n) is 10.1. The molecule has 0 radical (unpaired) electrons. The molecule has 0 aromatic rings. The van der Waals surface area contributed by atoms with Gasteiger partial charge in [0, 0.05) is 19.6 Å². The van der Waals surface area contributed by atoms with Crippen LogP contribution in [0.4, 0.5) is 0 Å². The Labute approximate surface area is 137 Å².